The van der Waals surface area contributed by atoms with Gasteiger partial charge in [-0.2, -0.15) is 5.10 Å². The first-order valence-corrected chi connectivity index (χ1v) is 7.77. The van der Waals surface area contributed by atoms with Crippen molar-refractivity contribution in [2.24, 2.45) is 17.3 Å². The highest BCUT2D eigenvalue weighted by atomic mass is 16.1. The van der Waals surface area contributed by atoms with E-state index in [0.717, 1.165) is 38.1 Å². The van der Waals surface area contributed by atoms with Crippen molar-refractivity contribution in [3.63, 3.8) is 0 Å². The van der Waals surface area contributed by atoms with Crippen LogP contribution in [0.4, 0.5) is 0 Å². The summed E-state index contributed by atoms with van der Waals surface area (Å²) in [6, 6.07) is 0. The van der Waals surface area contributed by atoms with Crippen LogP contribution >= 0.6 is 0 Å². The first-order valence-electron chi connectivity index (χ1n) is 7.77. The standard InChI is InChI=1S/C16H27N3O/c1-12(2)10-19-15(17-11-18-19)9-14(20)13-5-7-16(3,4)8-6-13/h11-13H,5-10H2,1-4H3. The molecule has 4 heteroatoms. The molecule has 0 amide bonds. The van der Waals surface area contributed by atoms with Crippen molar-refractivity contribution in [1.82, 2.24) is 14.8 Å². The molecule has 0 unspecified atom stereocenters. The molecule has 1 saturated carbocycles. The predicted molar refractivity (Wildman–Crippen MR) is 79.3 cm³/mol. The third kappa shape index (κ3) is 3.90. The minimum atomic E-state index is 0.229. The minimum Gasteiger partial charge on any atom is -0.299 e. The first-order chi connectivity index (χ1) is 9.37. The summed E-state index contributed by atoms with van der Waals surface area (Å²) in [4.78, 5) is 16.7. The van der Waals surface area contributed by atoms with E-state index < -0.39 is 0 Å². The number of carbonyl (C=O) groups excluding carboxylic acids is 1. The van der Waals surface area contributed by atoms with Crippen molar-refractivity contribution in [2.45, 2.75) is 66.3 Å². The Morgan fingerprint density at radius 1 is 1.40 bits per heavy atom. The van der Waals surface area contributed by atoms with E-state index in [1.807, 2.05) is 4.68 Å². The fraction of sp³-hybridized carbons (Fsp3) is 0.812. The average Bonchev–Trinajstić information content (AvgIpc) is 2.75. The Morgan fingerprint density at radius 3 is 2.65 bits per heavy atom. The highest BCUT2D eigenvalue weighted by Crippen LogP contribution is 2.38. The van der Waals surface area contributed by atoms with Crippen molar-refractivity contribution in [2.75, 3.05) is 0 Å². The van der Waals surface area contributed by atoms with Gasteiger partial charge in [0.25, 0.3) is 0 Å². The predicted octanol–water partition coefficient (Wildman–Crippen LogP) is 3.26. The quantitative estimate of drug-likeness (QED) is 0.830. The highest BCUT2D eigenvalue weighted by molar-refractivity contribution is 5.82. The van der Waals surface area contributed by atoms with Crippen LogP contribution in [0, 0.1) is 17.3 Å². The molecule has 1 aromatic heterocycles. The number of Topliss-reactive ketones (excluding diaryl/α,β-unsaturated/α-hetero) is 1. The Morgan fingerprint density at radius 2 is 2.05 bits per heavy atom. The molecule has 20 heavy (non-hydrogen) atoms. The Balaban J connectivity index is 1.93. The topological polar surface area (TPSA) is 47.8 Å². The van der Waals surface area contributed by atoms with Gasteiger partial charge in [-0.3, -0.25) is 4.79 Å². The molecular weight excluding hydrogens is 250 g/mol. The van der Waals surface area contributed by atoms with Crippen molar-refractivity contribution in [1.29, 1.82) is 0 Å². The maximum atomic E-state index is 12.4. The number of ketones is 1. The van der Waals surface area contributed by atoms with Gasteiger partial charge in [-0.1, -0.05) is 27.7 Å². The van der Waals surface area contributed by atoms with Crippen molar-refractivity contribution >= 4 is 5.78 Å². The van der Waals surface area contributed by atoms with Crippen molar-refractivity contribution < 1.29 is 4.79 Å². The summed E-state index contributed by atoms with van der Waals surface area (Å²) < 4.78 is 1.88. The summed E-state index contributed by atoms with van der Waals surface area (Å²) >= 11 is 0. The van der Waals surface area contributed by atoms with Crippen LogP contribution in [0.2, 0.25) is 0 Å². The molecule has 2 rings (SSSR count). The Kier molecular flexibility index (Phi) is 4.61. The minimum absolute atomic E-state index is 0.229. The summed E-state index contributed by atoms with van der Waals surface area (Å²) in [7, 11) is 0. The van der Waals surface area contributed by atoms with Gasteiger partial charge in [0, 0.05) is 12.5 Å². The van der Waals surface area contributed by atoms with Gasteiger partial charge >= 0.3 is 0 Å². The van der Waals surface area contributed by atoms with Gasteiger partial charge in [0.05, 0.1) is 6.42 Å². The molecule has 0 saturated heterocycles. The van der Waals surface area contributed by atoms with E-state index in [1.165, 1.54) is 0 Å². The van der Waals surface area contributed by atoms with Crippen LogP contribution in [-0.2, 0) is 17.8 Å². The molecule has 4 nitrogen and oxygen atoms in total. The lowest BCUT2D eigenvalue weighted by molar-refractivity contribution is -0.123. The summed E-state index contributed by atoms with van der Waals surface area (Å²) in [5.41, 5.74) is 0.411. The van der Waals surface area contributed by atoms with Gasteiger partial charge in [-0.25, -0.2) is 9.67 Å². The molecule has 0 atom stereocenters. The molecule has 0 bridgehead atoms. The number of carbonyl (C=O) groups is 1. The maximum absolute atomic E-state index is 12.4. The van der Waals surface area contributed by atoms with Gasteiger partial charge in [0.2, 0.25) is 0 Å². The van der Waals surface area contributed by atoms with E-state index in [-0.39, 0.29) is 5.92 Å². The lowest BCUT2D eigenvalue weighted by atomic mass is 9.72. The Bertz CT molecular complexity index is 452. The van der Waals surface area contributed by atoms with Gasteiger partial charge < -0.3 is 0 Å². The van der Waals surface area contributed by atoms with Crippen LogP contribution in [0.1, 0.15) is 59.2 Å². The molecular formula is C16H27N3O. The van der Waals surface area contributed by atoms with Gasteiger partial charge in [-0.05, 0) is 37.0 Å². The zero-order chi connectivity index (χ0) is 14.8. The maximum Gasteiger partial charge on any atom is 0.143 e. The second kappa shape index (κ2) is 6.06. The number of hydrogen-bond acceptors (Lipinski definition) is 3. The molecule has 1 aromatic rings. The molecule has 0 spiro atoms. The summed E-state index contributed by atoms with van der Waals surface area (Å²) in [5, 5.41) is 4.23. The molecule has 1 heterocycles. The Labute approximate surface area is 122 Å². The summed E-state index contributed by atoms with van der Waals surface area (Å²) in [5.74, 6) is 1.92. The first kappa shape index (κ1) is 15.2. The number of nitrogens with zero attached hydrogens (tertiary/aromatic N) is 3. The highest BCUT2D eigenvalue weighted by Gasteiger charge is 2.30. The molecule has 0 N–H and O–H groups in total. The normalized spacial score (nSPS) is 19.4. The third-order valence-electron chi connectivity index (χ3n) is 4.36. The van der Waals surface area contributed by atoms with E-state index in [4.69, 9.17) is 0 Å². The monoisotopic (exact) mass is 277 g/mol. The third-order valence-corrected chi connectivity index (χ3v) is 4.36. The van der Waals surface area contributed by atoms with Crippen LogP contribution in [0.25, 0.3) is 0 Å². The lowest BCUT2D eigenvalue weighted by Crippen LogP contribution is -2.28. The molecule has 1 aliphatic rings. The van der Waals surface area contributed by atoms with Crippen LogP contribution < -0.4 is 0 Å². The van der Waals surface area contributed by atoms with E-state index >= 15 is 0 Å². The van der Waals surface area contributed by atoms with Crippen LogP contribution in [0.5, 0.6) is 0 Å². The molecule has 1 fully saturated rings. The SMILES string of the molecule is CC(C)Cn1ncnc1CC(=O)C1CCC(C)(C)CC1. The van der Waals surface area contributed by atoms with Crippen LogP contribution in [0.3, 0.4) is 0 Å². The summed E-state index contributed by atoms with van der Waals surface area (Å²) in [6.45, 7) is 9.73. The van der Waals surface area contributed by atoms with Crippen LogP contribution in [-0.4, -0.2) is 20.5 Å². The van der Waals surface area contributed by atoms with Crippen molar-refractivity contribution in [3.05, 3.63) is 12.2 Å². The molecule has 0 aromatic carbocycles. The number of hydrogen-bond donors (Lipinski definition) is 0. The van der Waals surface area contributed by atoms with E-state index in [0.29, 0.717) is 23.5 Å². The Hall–Kier alpha value is -1.19. The largest absolute Gasteiger partial charge is 0.299 e. The van der Waals surface area contributed by atoms with E-state index in [2.05, 4.69) is 37.8 Å². The van der Waals surface area contributed by atoms with E-state index in [9.17, 15) is 4.79 Å². The zero-order valence-electron chi connectivity index (χ0n) is 13.2. The van der Waals surface area contributed by atoms with Crippen molar-refractivity contribution in [3.8, 4) is 0 Å². The molecule has 0 radical (unpaired) electrons. The lowest BCUT2D eigenvalue weighted by Gasteiger charge is -2.33. The second-order valence-corrected chi connectivity index (χ2v) is 7.33. The average molecular weight is 277 g/mol. The van der Waals surface area contributed by atoms with Gasteiger partial charge in [0.15, 0.2) is 0 Å². The van der Waals surface area contributed by atoms with Gasteiger partial charge in [-0.15, -0.1) is 0 Å². The fourth-order valence-electron chi connectivity index (χ4n) is 2.94. The zero-order valence-corrected chi connectivity index (χ0v) is 13.2. The second-order valence-electron chi connectivity index (χ2n) is 7.33. The summed E-state index contributed by atoms with van der Waals surface area (Å²) in [6.07, 6.45) is 6.38. The van der Waals surface area contributed by atoms with E-state index in [1.54, 1.807) is 6.33 Å². The van der Waals surface area contributed by atoms with Crippen LogP contribution in [0.15, 0.2) is 6.33 Å². The van der Waals surface area contributed by atoms with Gasteiger partial charge in [0.1, 0.15) is 17.9 Å². The molecule has 0 aliphatic heterocycles. The fourth-order valence-corrected chi connectivity index (χ4v) is 2.94. The smallest absolute Gasteiger partial charge is 0.143 e. The number of rotatable bonds is 5. The molecule has 112 valence electrons. The number of aromatic nitrogens is 3. The molecule has 1 aliphatic carbocycles.